The smallest absolute Gasteiger partial charge is 0.240 e. The van der Waals surface area contributed by atoms with E-state index in [1.807, 2.05) is 84.9 Å². The van der Waals surface area contributed by atoms with Gasteiger partial charge in [-0.25, -0.2) is 13.1 Å². The third kappa shape index (κ3) is 9.55. The molecule has 0 saturated carbocycles. The SMILES string of the molecule is O=S(=O)(NCc1ccccc1-c1ccc([C@H]2O[C@@H](CN(Cc3ccccc3)Cc3ccccc3)C[C@@H](c3ccc(CO)cc3)O2)cc1)c1ccccc1. The summed E-state index contributed by atoms with van der Waals surface area (Å²) in [6.45, 7) is 2.42. The van der Waals surface area contributed by atoms with Gasteiger partial charge in [0.15, 0.2) is 6.29 Å². The third-order valence-electron chi connectivity index (χ3n) is 9.59. The molecule has 2 N–H and O–H groups in total. The van der Waals surface area contributed by atoms with Crippen molar-refractivity contribution < 1.29 is 23.0 Å². The van der Waals surface area contributed by atoms with Gasteiger partial charge in [0.25, 0.3) is 0 Å². The Kier molecular flexibility index (Phi) is 11.9. The molecule has 0 unspecified atom stereocenters. The van der Waals surface area contributed by atoms with Crippen LogP contribution in [0.5, 0.6) is 0 Å². The molecule has 0 bridgehead atoms. The van der Waals surface area contributed by atoms with Crippen molar-refractivity contribution in [2.24, 2.45) is 0 Å². The summed E-state index contributed by atoms with van der Waals surface area (Å²) in [4.78, 5) is 2.67. The molecule has 53 heavy (non-hydrogen) atoms. The number of benzene rings is 6. The fourth-order valence-corrected chi connectivity index (χ4v) is 7.85. The van der Waals surface area contributed by atoms with Gasteiger partial charge in [0.1, 0.15) is 0 Å². The summed E-state index contributed by atoms with van der Waals surface area (Å²) >= 11 is 0. The van der Waals surface area contributed by atoms with E-state index in [1.165, 1.54) is 11.1 Å². The van der Waals surface area contributed by atoms with Crippen molar-refractivity contribution in [3.05, 3.63) is 197 Å². The largest absolute Gasteiger partial charge is 0.392 e. The predicted molar refractivity (Wildman–Crippen MR) is 208 cm³/mol. The van der Waals surface area contributed by atoms with E-state index in [4.69, 9.17) is 9.47 Å². The van der Waals surface area contributed by atoms with Gasteiger partial charge in [0.05, 0.1) is 23.7 Å². The van der Waals surface area contributed by atoms with Crippen molar-refractivity contribution in [3.63, 3.8) is 0 Å². The Morgan fingerprint density at radius 1 is 0.623 bits per heavy atom. The quantitative estimate of drug-likeness (QED) is 0.117. The van der Waals surface area contributed by atoms with Crippen LogP contribution in [0.3, 0.4) is 0 Å². The van der Waals surface area contributed by atoms with Crippen molar-refractivity contribution in [1.29, 1.82) is 0 Å². The second kappa shape index (κ2) is 17.3. The molecular weight excluding hydrogens is 681 g/mol. The van der Waals surface area contributed by atoms with Crippen LogP contribution < -0.4 is 4.72 Å². The predicted octanol–water partition coefficient (Wildman–Crippen LogP) is 8.57. The van der Waals surface area contributed by atoms with Crippen LogP contribution in [0.4, 0.5) is 0 Å². The van der Waals surface area contributed by atoms with Crippen LogP contribution in [0, 0.1) is 0 Å². The maximum Gasteiger partial charge on any atom is 0.240 e. The van der Waals surface area contributed by atoms with Crippen LogP contribution in [-0.4, -0.2) is 31.1 Å². The van der Waals surface area contributed by atoms with Gasteiger partial charge in [-0.05, 0) is 51.1 Å². The molecule has 0 amide bonds. The lowest BCUT2D eigenvalue weighted by Gasteiger charge is -2.38. The minimum absolute atomic E-state index is 0.0114. The lowest BCUT2D eigenvalue weighted by Crippen LogP contribution is -2.39. The Balaban J connectivity index is 1.12. The zero-order valence-electron chi connectivity index (χ0n) is 29.5. The highest BCUT2D eigenvalue weighted by Gasteiger charge is 2.33. The first-order valence-electron chi connectivity index (χ1n) is 18.0. The lowest BCUT2D eigenvalue weighted by atomic mass is 9.97. The molecule has 0 aliphatic carbocycles. The first-order valence-corrected chi connectivity index (χ1v) is 19.5. The van der Waals surface area contributed by atoms with Crippen LogP contribution in [0.2, 0.25) is 0 Å². The van der Waals surface area contributed by atoms with Gasteiger partial charge in [-0.3, -0.25) is 4.90 Å². The van der Waals surface area contributed by atoms with Gasteiger partial charge in [-0.15, -0.1) is 0 Å². The number of aliphatic hydroxyl groups is 1. The zero-order valence-corrected chi connectivity index (χ0v) is 30.3. The molecular formula is C45H44N2O5S. The lowest BCUT2D eigenvalue weighted by molar-refractivity contribution is -0.253. The topological polar surface area (TPSA) is 88.1 Å². The van der Waals surface area contributed by atoms with Crippen LogP contribution in [0.1, 0.15) is 52.2 Å². The molecule has 270 valence electrons. The number of hydrogen-bond donors (Lipinski definition) is 2. The van der Waals surface area contributed by atoms with Gasteiger partial charge < -0.3 is 14.6 Å². The van der Waals surface area contributed by atoms with E-state index in [9.17, 15) is 13.5 Å². The Morgan fingerprint density at radius 3 is 1.81 bits per heavy atom. The molecule has 1 fully saturated rings. The fraction of sp³-hybridized carbons (Fsp3) is 0.200. The van der Waals surface area contributed by atoms with Crippen molar-refractivity contribution in [3.8, 4) is 11.1 Å². The molecule has 0 radical (unpaired) electrons. The van der Waals surface area contributed by atoms with E-state index in [-0.39, 0.29) is 30.3 Å². The first kappa shape index (κ1) is 36.4. The van der Waals surface area contributed by atoms with Crippen molar-refractivity contribution in [2.45, 2.75) is 56.1 Å². The number of rotatable bonds is 14. The fourth-order valence-electron chi connectivity index (χ4n) is 6.82. The first-order chi connectivity index (χ1) is 25.9. The molecule has 8 heteroatoms. The van der Waals surface area contributed by atoms with Crippen molar-refractivity contribution in [1.82, 2.24) is 9.62 Å². The minimum Gasteiger partial charge on any atom is -0.392 e. The van der Waals surface area contributed by atoms with Crippen LogP contribution in [0.25, 0.3) is 11.1 Å². The second-order valence-corrected chi connectivity index (χ2v) is 15.2. The minimum atomic E-state index is -3.66. The summed E-state index contributed by atoms with van der Waals surface area (Å²) in [7, 11) is -3.66. The zero-order chi connectivity index (χ0) is 36.5. The second-order valence-electron chi connectivity index (χ2n) is 13.4. The highest BCUT2D eigenvalue weighted by molar-refractivity contribution is 7.89. The molecule has 1 saturated heterocycles. The molecule has 6 aromatic rings. The molecule has 6 aromatic carbocycles. The maximum atomic E-state index is 13.0. The number of aliphatic hydroxyl groups excluding tert-OH is 1. The molecule has 0 aromatic heterocycles. The van der Waals surface area contributed by atoms with Crippen molar-refractivity contribution >= 4 is 10.0 Å². The van der Waals surface area contributed by atoms with Crippen molar-refractivity contribution in [2.75, 3.05) is 6.54 Å². The average molecular weight is 725 g/mol. The Bertz CT molecular complexity index is 2110. The maximum absolute atomic E-state index is 13.0. The summed E-state index contributed by atoms with van der Waals surface area (Å²) in [5, 5.41) is 9.66. The highest BCUT2D eigenvalue weighted by Crippen LogP contribution is 2.39. The molecule has 1 aliphatic heterocycles. The van der Waals surface area contributed by atoms with Gasteiger partial charge in [0.2, 0.25) is 10.0 Å². The van der Waals surface area contributed by atoms with Crippen LogP contribution in [0.15, 0.2) is 169 Å². The number of sulfonamides is 1. The van der Waals surface area contributed by atoms with Gasteiger partial charge in [-0.2, -0.15) is 0 Å². The molecule has 1 aliphatic rings. The van der Waals surface area contributed by atoms with E-state index in [0.717, 1.165) is 46.5 Å². The summed E-state index contributed by atoms with van der Waals surface area (Å²) < 4.78 is 42.1. The van der Waals surface area contributed by atoms with Gasteiger partial charge in [-0.1, -0.05) is 152 Å². The average Bonchev–Trinajstić information content (AvgIpc) is 3.21. The van der Waals surface area contributed by atoms with Crippen LogP contribution in [-0.2, 0) is 45.7 Å². The number of ether oxygens (including phenoxy) is 2. The molecule has 0 spiro atoms. The van der Waals surface area contributed by atoms with E-state index >= 15 is 0 Å². The summed E-state index contributed by atoms with van der Waals surface area (Å²) in [5.41, 5.74) is 8.06. The Morgan fingerprint density at radius 2 is 1.19 bits per heavy atom. The highest BCUT2D eigenvalue weighted by atomic mass is 32.2. The number of nitrogens with one attached hydrogen (secondary N) is 1. The molecule has 1 heterocycles. The van der Waals surface area contributed by atoms with E-state index in [0.29, 0.717) is 13.0 Å². The van der Waals surface area contributed by atoms with E-state index in [2.05, 4.69) is 58.2 Å². The van der Waals surface area contributed by atoms with E-state index in [1.54, 1.807) is 30.3 Å². The van der Waals surface area contributed by atoms with Gasteiger partial charge in [0, 0.05) is 38.2 Å². The van der Waals surface area contributed by atoms with Gasteiger partial charge >= 0.3 is 0 Å². The normalized spacial score (nSPS) is 17.5. The van der Waals surface area contributed by atoms with Crippen LogP contribution >= 0.6 is 0 Å². The molecule has 7 nitrogen and oxygen atoms in total. The Labute approximate surface area is 312 Å². The monoisotopic (exact) mass is 724 g/mol. The third-order valence-corrected chi connectivity index (χ3v) is 11.0. The summed E-state index contributed by atoms with van der Waals surface area (Å²) in [6, 6.07) is 53.4. The summed E-state index contributed by atoms with van der Waals surface area (Å²) in [6.07, 6.45) is -0.255. The molecule has 3 atom stereocenters. The number of hydrogen-bond acceptors (Lipinski definition) is 6. The number of nitrogens with zero attached hydrogens (tertiary/aromatic N) is 1. The molecule has 7 rings (SSSR count). The van der Waals surface area contributed by atoms with E-state index < -0.39 is 16.3 Å². The Hall–Kier alpha value is -4.93. The summed E-state index contributed by atoms with van der Waals surface area (Å²) in [5.74, 6) is 0. The standard InChI is InChI=1S/C45H44N2O5S/c48-33-36-20-22-38(23-21-36)44-28-41(32-47(30-34-12-4-1-5-13-34)31-35-14-6-2-7-15-35)51-45(52-44)39-26-24-37(25-27-39)43-19-11-10-16-40(43)29-46-53(49,50)42-17-8-3-9-18-42/h1-27,41,44-46,48H,28-33H2/t41-,44+,45+/m1/s1.